The second-order valence-corrected chi connectivity index (χ2v) is 7.62. The van der Waals surface area contributed by atoms with Crippen molar-refractivity contribution in [2.24, 2.45) is 17.3 Å². The Kier molecular flexibility index (Phi) is 5.35. The average molecular weight is 319 g/mol. The van der Waals surface area contributed by atoms with Gasteiger partial charge in [-0.1, -0.05) is 39.8 Å². The third-order valence-corrected chi connectivity index (χ3v) is 4.80. The fourth-order valence-electron chi connectivity index (χ4n) is 3.18. The van der Waals surface area contributed by atoms with Crippen LogP contribution in [0.3, 0.4) is 0 Å². The summed E-state index contributed by atoms with van der Waals surface area (Å²) in [6.45, 7) is 8.46. The number of hydrogen-bond acceptors (Lipinski definition) is 3. The number of methoxy groups -OCH3 is 1. The lowest BCUT2D eigenvalue weighted by molar-refractivity contribution is -0.123. The minimum atomic E-state index is -0.434. The highest BCUT2D eigenvalue weighted by Crippen LogP contribution is 2.48. The molecule has 0 radical (unpaired) electrons. The van der Waals surface area contributed by atoms with Crippen LogP contribution in [0.25, 0.3) is 0 Å². The van der Waals surface area contributed by atoms with Gasteiger partial charge in [-0.15, -0.1) is 0 Å². The van der Waals surface area contributed by atoms with Gasteiger partial charge in [0.15, 0.2) is 0 Å². The van der Waals surface area contributed by atoms with E-state index in [0.29, 0.717) is 6.54 Å². The lowest BCUT2D eigenvalue weighted by Gasteiger charge is -2.33. The summed E-state index contributed by atoms with van der Waals surface area (Å²) in [5.74, 6) is 1.40. The van der Waals surface area contributed by atoms with E-state index in [1.54, 1.807) is 7.11 Å². The van der Waals surface area contributed by atoms with Gasteiger partial charge in [-0.3, -0.25) is 4.79 Å². The van der Waals surface area contributed by atoms with Crippen molar-refractivity contribution in [1.82, 2.24) is 5.32 Å². The summed E-state index contributed by atoms with van der Waals surface area (Å²) in [6, 6.07) is 7.93. The van der Waals surface area contributed by atoms with Crippen LogP contribution in [0.15, 0.2) is 24.3 Å². The summed E-state index contributed by atoms with van der Waals surface area (Å²) in [7, 11) is 1.65. The standard InChI is InChI=1S/C19H29NO3/c1-12(2)17(21)19(3,4)11-20-18(22)16-10-15(16)13-7-6-8-14(9-13)23-5/h6-9,12,15-17,21H,10-11H2,1-5H3,(H,20,22). The first kappa shape index (κ1) is 17.8. The molecule has 2 N–H and O–H groups in total. The minimum absolute atomic E-state index is 0.0362. The summed E-state index contributed by atoms with van der Waals surface area (Å²) < 4.78 is 5.24. The normalized spacial score (nSPS) is 21.9. The maximum Gasteiger partial charge on any atom is 0.223 e. The van der Waals surface area contributed by atoms with E-state index in [4.69, 9.17) is 4.74 Å². The van der Waals surface area contributed by atoms with Crippen molar-refractivity contribution in [3.8, 4) is 5.75 Å². The van der Waals surface area contributed by atoms with Crippen LogP contribution in [-0.4, -0.2) is 30.8 Å². The number of ether oxygens (including phenoxy) is 1. The van der Waals surface area contributed by atoms with Crippen LogP contribution in [0.4, 0.5) is 0 Å². The van der Waals surface area contributed by atoms with Crippen LogP contribution < -0.4 is 10.1 Å². The Morgan fingerprint density at radius 1 is 1.43 bits per heavy atom. The second kappa shape index (κ2) is 6.91. The summed E-state index contributed by atoms with van der Waals surface area (Å²) in [5, 5.41) is 13.3. The van der Waals surface area contributed by atoms with Crippen LogP contribution >= 0.6 is 0 Å². The van der Waals surface area contributed by atoms with Gasteiger partial charge in [0.2, 0.25) is 5.91 Å². The van der Waals surface area contributed by atoms with E-state index < -0.39 is 6.10 Å². The molecular weight excluding hydrogens is 290 g/mol. The van der Waals surface area contributed by atoms with Gasteiger partial charge >= 0.3 is 0 Å². The first-order valence-electron chi connectivity index (χ1n) is 8.36. The average Bonchev–Trinajstić information content (AvgIpc) is 3.32. The van der Waals surface area contributed by atoms with E-state index in [9.17, 15) is 9.90 Å². The molecule has 0 aromatic heterocycles. The molecule has 0 spiro atoms. The van der Waals surface area contributed by atoms with Crippen molar-refractivity contribution in [3.63, 3.8) is 0 Å². The van der Waals surface area contributed by atoms with Crippen LogP contribution in [0, 0.1) is 17.3 Å². The molecule has 0 bridgehead atoms. The van der Waals surface area contributed by atoms with Crippen LogP contribution in [0.2, 0.25) is 0 Å². The molecule has 0 saturated heterocycles. The van der Waals surface area contributed by atoms with Gasteiger partial charge in [0.1, 0.15) is 5.75 Å². The predicted molar refractivity (Wildman–Crippen MR) is 91.5 cm³/mol. The lowest BCUT2D eigenvalue weighted by atomic mass is 9.80. The maximum absolute atomic E-state index is 12.4. The Bertz CT molecular complexity index is 553. The van der Waals surface area contributed by atoms with E-state index in [-0.39, 0.29) is 29.1 Å². The van der Waals surface area contributed by atoms with Crippen molar-refractivity contribution in [2.75, 3.05) is 13.7 Å². The molecule has 1 aliphatic carbocycles. The molecule has 0 aliphatic heterocycles. The van der Waals surface area contributed by atoms with E-state index >= 15 is 0 Å². The van der Waals surface area contributed by atoms with Crippen LogP contribution in [0.1, 0.15) is 45.6 Å². The number of nitrogens with one attached hydrogen (secondary N) is 1. The quantitative estimate of drug-likeness (QED) is 0.812. The lowest BCUT2D eigenvalue weighted by Crippen LogP contribution is -2.44. The summed E-state index contributed by atoms with van der Waals surface area (Å²) in [6.07, 6.45) is 0.447. The molecule has 3 atom stereocenters. The largest absolute Gasteiger partial charge is 0.497 e. The van der Waals surface area contributed by atoms with Crippen LogP contribution in [-0.2, 0) is 4.79 Å². The molecule has 4 heteroatoms. The topological polar surface area (TPSA) is 58.6 Å². The Morgan fingerprint density at radius 2 is 2.13 bits per heavy atom. The summed E-state index contributed by atoms with van der Waals surface area (Å²) in [5.41, 5.74) is 0.829. The van der Waals surface area contributed by atoms with E-state index in [1.807, 2.05) is 52.0 Å². The van der Waals surface area contributed by atoms with Gasteiger partial charge in [-0.2, -0.15) is 0 Å². The molecule has 1 amide bonds. The van der Waals surface area contributed by atoms with Crippen molar-refractivity contribution < 1.29 is 14.6 Å². The van der Waals surface area contributed by atoms with Gasteiger partial charge in [0, 0.05) is 17.9 Å². The molecule has 1 aromatic carbocycles. The molecule has 1 fully saturated rings. The molecular formula is C19H29NO3. The van der Waals surface area contributed by atoms with E-state index in [2.05, 4.69) is 5.32 Å². The van der Waals surface area contributed by atoms with Gasteiger partial charge in [-0.25, -0.2) is 0 Å². The number of hydrogen-bond donors (Lipinski definition) is 2. The third-order valence-electron chi connectivity index (χ3n) is 4.80. The summed E-state index contributed by atoms with van der Waals surface area (Å²) in [4.78, 5) is 12.4. The Labute approximate surface area is 139 Å². The number of aliphatic hydroxyl groups excluding tert-OH is 1. The molecule has 1 aromatic rings. The first-order valence-corrected chi connectivity index (χ1v) is 8.36. The van der Waals surface area contributed by atoms with Gasteiger partial charge < -0.3 is 15.2 Å². The zero-order valence-electron chi connectivity index (χ0n) is 14.8. The van der Waals surface area contributed by atoms with Gasteiger partial charge in [0.25, 0.3) is 0 Å². The SMILES string of the molecule is COc1cccc(C2CC2C(=O)NCC(C)(C)C(O)C(C)C)c1. The number of benzene rings is 1. The molecule has 23 heavy (non-hydrogen) atoms. The highest BCUT2D eigenvalue weighted by molar-refractivity contribution is 5.83. The van der Waals surface area contributed by atoms with Gasteiger partial charge in [0.05, 0.1) is 13.2 Å². The molecule has 4 nitrogen and oxygen atoms in total. The van der Waals surface area contributed by atoms with E-state index in [1.165, 1.54) is 0 Å². The first-order chi connectivity index (χ1) is 10.8. The molecule has 2 rings (SSSR count). The minimum Gasteiger partial charge on any atom is -0.497 e. The molecule has 128 valence electrons. The van der Waals surface area contributed by atoms with Crippen LogP contribution in [0.5, 0.6) is 5.75 Å². The number of carbonyl (C=O) groups is 1. The second-order valence-electron chi connectivity index (χ2n) is 7.62. The Hall–Kier alpha value is -1.55. The Balaban J connectivity index is 1.89. The molecule has 0 heterocycles. The zero-order valence-corrected chi connectivity index (χ0v) is 14.8. The van der Waals surface area contributed by atoms with Crippen molar-refractivity contribution >= 4 is 5.91 Å². The highest BCUT2D eigenvalue weighted by atomic mass is 16.5. The third kappa shape index (κ3) is 4.25. The number of rotatable bonds is 7. The monoisotopic (exact) mass is 319 g/mol. The van der Waals surface area contributed by atoms with E-state index in [0.717, 1.165) is 17.7 Å². The Morgan fingerprint density at radius 3 is 2.74 bits per heavy atom. The fourth-order valence-corrected chi connectivity index (χ4v) is 3.18. The fraction of sp³-hybridized carbons (Fsp3) is 0.632. The molecule has 1 saturated carbocycles. The van der Waals surface area contributed by atoms with Crippen molar-refractivity contribution in [3.05, 3.63) is 29.8 Å². The predicted octanol–water partition coefficient (Wildman–Crippen LogP) is 2.96. The molecule has 3 unspecified atom stereocenters. The van der Waals surface area contributed by atoms with Crippen molar-refractivity contribution in [1.29, 1.82) is 0 Å². The number of amides is 1. The zero-order chi connectivity index (χ0) is 17.2. The summed E-state index contributed by atoms with van der Waals surface area (Å²) >= 11 is 0. The van der Waals surface area contributed by atoms with Gasteiger partial charge in [-0.05, 0) is 36.0 Å². The maximum atomic E-state index is 12.4. The number of aliphatic hydroxyl groups is 1. The smallest absolute Gasteiger partial charge is 0.223 e. The number of carbonyl (C=O) groups excluding carboxylic acids is 1. The molecule has 1 aliphatic rings. The van der Waals surface area contributed by atoms with Crippen molar-refractivity contribution in [2.45, 2.75) is 46.1 Å². The highest BCUT2D eigenvalue weighted by Gasteiger charge is 2.44.